The van der Waals surface area contributed by atoms with Crippen LogP contribution < -0.4 is 0 Å². The first-order valence-corrected chi connectivity index (χ1v) is 5.24. The molecule has 0 aromatic rings. The molecule has 78 valence electrons. The Hall–Kier alpha value is -0.530. The van der Waals surface area contributed by atoms with Crippen LogP contribution in [0.4, 0.5) is 0 Å². The third kappa shape index (κ3) is 3.37. The summed E-state index contributed by atoms with van der Waals surface area (Å²) in [5, 5.41) is 0. The van der Waals surface area contributed by atoms with Crippen LogP contribution in [0.3, 0.4) is 0 Å². The molecule has 2 nitrogen and oxygen atoms in total. The normalized spacial score (nSPS) is 11.8. The van der Waals surface area contributed by atoms with Crippen LogP contribution in [0, 0.1) is 5.92 Å². The predicted molar refractivity (Wildman–Crippen MR) is 54.5 cm³/mol. The number of hydrogen-bond acceptors (Lipinski definition) is 2. The highest BCUT2D eigenvalue weighted by Gasteiger charge is 2.29. The van der Waals surface area contributed by atoms with Crippen LogP contribution >= 0.6 is 0 Å². The van der Waals surface area contributed by atoms with Crippen molar-refractivity contribution < 1.29 is 9.53 Å². The van der Waals surface area contributed by atoms with Gasteiger partial charge in [-0.05, 0) is 19.3 Å². The Labute approximate surface area is 81.7 Å². The summed E-state index contributed by atoms with van der Waals surface area (Å²) in [6, 6.07) is 0. The minimum Gasteiger partial charge on any atom is -0.459 e. The maximum Gasteiger partial charge on any atom is 0.308 e. The highest BCUT2D eigenvalue weighted by atomic mass is 16.6. The first-order valence-electron chi connectivity index (χ1n) is 5.24. The maximum absolute atomic E-state index is 11.4. The summed E-state index contributed by atoms with van der Waals surface area (Å²) >= 11 is 0. The molecule has 0 aliphatic heterocycles. The zero-order valence-electron chi connectivity index (χ0n) is 9.52. The van der Waals surface area contributed by atoms with Gasteiger partial charge in [-0.2, -0.15) is 0 Å². The van der Waals surface area contributed by atoms with E-state index in [-0.39, 0.29) is 17.5 Å². The van der Waals surface area contributed by atoms with Crippen LogP contribution in [0.1, 0.15) is 53.9 Å². The number of rotatable bonds is 5. The molecule has 0 aliphatic rings. The van der Waals surface area contributed by atoms with E-state index in [4.69, 9.17) is 4.74 Å². The molecular weight excluding hydrogens is 164 g/mol. The molecule has 2 heteroatoms. The van der Waals surface area contributed by atoms with Crippen molar-refractivity contribution in [3.63, 3.8) is 0 Å². The Morgan fingerprint density at radius 1 is 1.15 bits per heavy atom. The van der Waals surface area contributed by atoms with Gasteiger partial charge < -0.3 is 4.74 Å². The molecule has 0 saturated heterocycles. The quantitative estimate of drug-likeness (QED) is 0.616. The van der Waals surface area contributed by atoms with Gasteiger partial charge in [0.2, 0.25) is 0 Å². The predicted octanol–water partition coefficient (Wildman–Crippen LogP) is 3.15. The lowest BCUT2D eigenvalue weighted by Crippen LogP contribution is -2.34. The zero-order valence-corrected chi connectivity index (χ0v) is 9.52. The first-order chi connectivity index (χ1) is 6.01. The molecule has 0 radical (unpaired) electrons. The molecule has 0 unspecified atom stereocenters. The summed E-state index contributed by atoms with van der Waals surface area (Å²) in [6.07, 6.45) is 2.70. The Balaban J connectivity index is 4.33. The fourth-order valence-corrected chi connectivity index (χ4v) is 1.30. The molecule has 13 heavy (non-hydrogen) atoms. The average molecular weight is 186 g/mol. The van der Waals surface area contributed by atoms with Gasteiger partial charge in [0.25, 0.3) is 0 Å². The molecule has 0 bridgehead atoms. The maximum atomic E-state index is 11.4. The fraction of sp³-hybridized carbons (Fsp3) is 0.909. The average Bonchev–Trinajstić information content (AvgIpc) is 2.14. The smallest absolute Gasteiger partial charge is 0.308 e. The van der Waals surface area contributed by atoms with E-state index in [2.05, 4.69) is 20.8 Å². The second-order valence-corrected chi connectivity index (χ2v) is 3.82. The van der Waals surface area contributed by atoms with Gasteiger partial charge in [-0.3, -0.25) is 4.79 Å². The number of carbonyl (C=O) groups is 1. The number of esters is 1. The van der Waals surface area contributed by atoms with E-state index in [0.717, 1.165) is 19.3 Å². The molecule has 0 aromatic carbocycles. The molecule has 0 aromatic heterocycles. The number of hydrogen-bond donors (Lipinski definition) is 0. The van der Waals surface area contributed by atoms with Gasteiger partial charge >= 0.3 is 5.97 Å². The lowest BCUT2D eigenvalue weighted by molar-refractivity contribution is -0.165. The van der Waals surface area contributed by atoms with Crippen LogP contribution in [0.2, 0.25) is 0 Å². The van der Waals surface area contributed by atoms with Crippen molar-refractivity contribution in [3.05, 3.63) is 0 Å². The summed E-state index contributed by atoms with van der Waals surface area (Å²) in [6.45, 7) is 9.95. The molecule has 0 fully saturated rings. The van der Waals surface area contributed by atoms with Crippen LogP contribution in [0.15, 0.2) is 0 Å². The Morgan fingerprint density at radius 3 is 1.77 bits per heavy atom. The van der Waals surface area contributed by atoms with Crippen molar-refractivity contribution >= 4 is 5.97 Å². The van der Waals surface area contributed by atoms with Crippen molar-refractivity contribution in [1.29, 1.82) is 0 Å². The highest BCUT2D eigenvalue weighted by Crippen LogP contribution is 2.25. The van der Waals surface area contributed by atoms with Crippen LogP contribution in [-0.4, -0.2) is 11.6 Å². The molecule has 0 spiro atoms. The van der Waals surface area contributed by atoms with Gasteiger partial charge in [0.1, 0.15) is 5.60 Å². The van der Waals surface area contributed by atoms with E-state index in [1.54, 1.807) is 0 Å². The molecule has 0 aliphatic carbocycles. The second-order valence-electron chi connectivity index (χ2n) is 3.82. The van der Waals surface area contributed by atoms with E-state index in [1.807, 2.05) is 13.8 Å². The van der Waals surface area contributed by atoms with Gasteiger partial charge in [-0.1, -0.05) is 34.6 Å². The van der Waals surface area contributed by atoms with Crippen LogP contribution in [0.25, 0.3) is 0 Å². The second kappa shape index (κ2) is 5.25. The molecular formula is C11H22O2. The van der Waals surface area contributed by atoms with Crippen molar-refractivity contribution in [2.45, 2.75) is 59.5 Å². The minimum absolute atomic E-state index is 0.0241. The lowest BCUT2D eigenvalue weighted by Gasteiger charge is -2.31. The van der Waals surface area contributed by atoms with Crippen molar-refractivity contribution in [2.24, 2.45) is 5.92 Å². The van der Waals surface area contributed by atoms with Gasteiger partial charge in [0.05, 0.1) is 5.92 Å². The molecule has 0 atom stereocenters. The standard InChI is InChI=1S/C11H22O2/c1-6-11(7-2,8-3)13-10(12)9(4)5/h9H,6-8H2,1-5H3. The molecule has 0 amide bonds. The molecule has 0 rings (SSSR count). The summed E-state index contributed by atoms with van der Waals surface area (Å²) in [7, 11) is 0. The van der Waals surface area contributed by atoms with E-state index >= 15 is 0 Å². The summed E-state index contributed by atoms with van der Waals surface area (Å²) in [5.74, 6) is -0.102. The van der Waals surface area contributed by atoms with E-state index in [1.165, 1.54) is 0 Å². The zero-order chi connectivity index (χ0) is 10.5. The Morgan fingerprint density at radius 2 is 1.54 bits per heavy atom. The van der Waals surface area contributed by atoms with Crippen LogP contribution in [0.5, 0.6) is 0 Å². The van der Waals surface area contributed by atoms with Gasteiger partial charge in [-0.25, -0.2) is 0 Å². The third-order valence-corrected chi connectivity index (χ3v) is 2.72. The van der Waals surface area contributed by atoms with E-state index < -0.39 is 0 Å². The SMILES string of the molecule is CCC(CC)(CC)OC(=O)C(C)C. The van der Waals surface area contributed by atoms with Crippen LogP contribution in [-0.2, 0) is 9.53 Å². The monoisotopic (exact) mass is 186 g/mol. The van der Waals surface area contributed by atoms with Gasteiger partial charge in [0, 0.05) is 0 Å². The largest absolute Gasteiger partial charge is 0.459 e. The highest BCUT2D eigenvalue weighted by molar-refractivity contribution is 5.72. The third-order valence-electron chi connectivity index (χ3n) is 2.72. The van der Waals surface area contributed by atoms with Crippen molar-refractivity contribution in [1.82, 2.24) is 0 Å². The Bertz CT molecular complexity index is 149. The topological polar surface area (TPSA) is 26.3 Å². The van der Waals surface area contributed by atoms with Crippen molar-refractivity contribution in [2.75, 3.05) is 0 Å². The van der Waals surface area contributed by atoms with Gasteiger partial charge in [-0.15, -0.1) is 0 Å². The summed E-state index contributed by atoms with van der Waals surface area (Å²) in [4.78, 5) is 11.4. The minimum atomic E-state index is -0.221. The van der Waals surface area contributed by atoms with E-state index in [0.29, 0.717) is 0 Å². The first kappa shape index (κ1) is 12.5. The van der Waals surface area contributed by atoms with Crippen molar-refractivity contribution in [3.8, 4) is 0 Å². The summed E-state index contributed by atoms with van der Waals surface area (Å²) in [5.41, 5.74) is -0.221. The summed E-state index contributed by atoms with van der Waals surface area (Å²) < 4.78 is 5.51. The number of ether oxygens (including phenoxy) is 1. The molecule has 0 N–H and O–H groups in total. The lowest BCUT2D eigenvalue weighted by atomic mass is 9.94. The Kier molecular flexibility index (Phi) is 5.04. The molecule has 0 saturated carbocycles. The van der Waals surface area contributed by atoms with Gasteiger partial charge in [0.15, 0.2) is 0 Å². The van der Waals surface area contributed by atoms with E-state index in [9.17, 15) is 4.79 Å². The molecule has 0 heterocycles. The number of carbonyl (C=O) groups excluding carboxylic acids is 1. The fourth-order valence-electron chi connectivity index (χ4n) is 1.30.